The third-order valence-electron chi connectivity index (χ3n) is 3.24. The number of anilines is 3. The highest BCUT2D eigenvalue weighted by molar-refractivity contribution is 9.10. The van der Waals surface area contributed by atoms with Crippen molar-refractivity contribution in [3.05, 3.63) is 57.1 Å². The van der Waals surface area contributed by atoms with Crippen LogP contribution in [0.1, 0.15) is 5.56 Å². The Hall–Kier alpha value is -1.59. The largest absolute Gasteiger partial charge is 0.396 e. The minimum absolute atomic E-state index is 0.619. The van der Waals surface area contributed by atoms with E-state index < -0.39 is 0 Å². The van der Waals surface area contributed by atoms with Crippen LogP contribution in [-0.4, -0.2) is 4.98 Å². The average molecular weight is 407 g/mol. The van der Waals surface area contributed by atoms with Gasteiger partial charge in [-0.3, -0.25) is 4.98 Å². The molecule has 1 aromatic heterocycles. The lowest BCUT2D eigenvalue weighted by Crippen LogP contribution is -1.99. The van der Waals surface area contributed by atoms with Crippen LogP contribution >= 0.6 is 31.9 Å². The summed E-state index contributed by atoms with van der Waals surface area (Å²) < 4.78 is 2.00. The highest BCUT2D eigenvalue weighted by Crippen LogP contribution is 2.34. The summed E-state index contributed by atoms with van der Waals surface area (Å²) >= 11 is 7.07. The first-order chi connectivity index (χ1) is 10.0. The first-order valence-corrected chi connectivity index (χ1v) is 8.00. The fourth-order valence-electron chi connectivity index (χ4n) is 2.18. The van der Waals surface area contributed by atoms with Crippen molar-refractivity contribution in [3.8, 4) is 0 Å². The van der Waals surface area contributed by atoms with Gasteiger partial charge in [0.15, 0.2) is 0 Å². The highest BCUT2D eigenvalue weighted by atomic mass is 79.9. The fourth-order valence-corrected chi connectivity index (χ4v) is 3.13. The van der Waals surface area contributed by atoms with E-state index in [2.05, 4.69) is 61.2 Å². The molecule has 0 saturated carbocycles. The average Bonchev–Trinajstić information content (AvgIpc) is 2.44. The van der Waals surface area contributed by atoms with Crippen LogP contribution in [0.4, 0.5) is 17.1 Å². The summed E-state index contributed by atoms with van der Waals surface area (Å²) in [6, 6.07) is 12.1. The molecule has 3 N–H and O–H groups in total. The van der Waals surface area contributed by atoms with Gasteiger partial charge in [-0.05, 0) is 58.7 Å². The van der Waals surface area contributed by atoms with Gasteiger partial charge >= 0.3 is 0 Å². The third kappa shape index (κ3) is 2.89. The Morgan fingerprint density at radius 1 is 1.10 bits per heavy atom. The van der Waals surface area contributed by atoms with Gasteiger partial charge < -0.3 is 11.1 Å². The number of nitrogens with two attached hydrogens (primary N) is 1. The quantitative estimate of drug-likeness (QED) is 0.599. The van der Waals surface area contributed by atoms with Gasteiger partial charge in [-0.25, -0.2) is 0 Å². The molecule has 0 unspecified atom stereocenters. The van der Waals surface area contributed by atoms with Crippen LogP contribution in [-0.2, 0) is 0 Å². The molecule has 0 atom stereocenters. The molecule has 0 aliphatic carbocycles. The number of hydrogen-bond acceptors (Lipinski definition) is 3. The van der Waals surface area contributed by atoms with Crippen molar-refractivity contribution in [1.82, 2.24) is 4.98 Å². The van der Waals surface area contributed by atoms with E-state index in [0.29, 0.717) is 5.69 Å². The molecule has 21 heavy (non-hydrogen) atoms. The topological polar surface area (TPSA) is 50.9 Å². The standard InChI is InChI=1S/C16H13Br2N3/c1-9-2-4-15(12(18)6-9)21-16-11-7-10(17)3-5-14(11)20-8-13(16)19/h2-8H,19H2,1H3,(H,20,21). The maximum absolute atomic E-state index is 6.11. The number of hydrogen-bond donors (Lipinski definition) is 2. The number of nitrogens with zero attached hydrogens (tertiary/aromatic N) is 1. The second-order valence-electron chi connectivity index (χ2n) is 4.86. The summed E-state index contributed by atoms with van der Waals surface area (Å²) in [5.41, 5.74) is 10.7. The Bertz CT molecular complexity index is 826. The molecular formula is C16H13Br2N3. The SMILES string of the molecule is Cc1ccc(Nc2c(N)cnc3ccc(Br)cc23)c(Br)c1. The first-order valence-electron chi connectivity index (χ1n) is 6.41. The van der Waals surface area contributed by atoms with Gasteiger partial charge in [0.2, 0.25) is 0 Å². The van der Waals surface area contributed by atoms with Crippen molar-refractivity contribution in [2.24, 2.45) is 0 Å². The summed E-state index contributed by atoms with van der Waals surface area (Å²) in [5, 5.41) is 4.39. The maximum atomic E-state index is 6.11. The third-order valence-corrected chi connectivity index (χ3v) is 4.39. The molecule has 0 bridgehead atoms. The summed E-state index contributed by atoms with van der Waals surface area (Å²) in [6.07, 6.45) is 1.68. The Morgan fingerprint density at radius 2 is 1.90 bits per heavy atom. The predicted molar refractivity (Wildman–Crippen MR) is 96.0 cm³/mol. The minimum atomic E-state index is 0.619. The number of aryl methyl sites for hydroxylation is 1. The normalized spacial score (nSPS) is 10.8. The molecule has 0 fully saturated rings. The predicted octanol–water partition coefficient (Wildman–Crippen LogP) is 5.39. The maximum Gasteiger partial charge on any atom is 0.0746 e. The van der Waals surface area contributed by atoms with Gasteiger partial charge in [-0.15, -0.1) is 0 Å². The minimum Gasteiger partial charge on any atom is -0.396 e. The van der Waals surface area contributed by atoms with Crippen molar-refractivity contribution in [1.29, 1.82) is 0 Å². The number of rotatable bonds is 2. The number of benzene rings is 2. The monoisotopic (exact) mass is 405 g/mol. The zero-order valence-electron chi connectivity index (χ0n) is 11.3. The van der Waals surface area contributed by atoms with Gasteiger partial charge in [0.05, 0.1) is 28.8 Å². The lowest BCUT2D eigenvalue weighted by molar-refractivity contribution is 1.39. The Morgan fingerprint density at radius 3 is 2.67 bits per heavy atom. The number of nitrogens with one attached hydrogen (secondary N) is 1. The summed E-state index contributed by atoms with van der Waals surface area (Å²) in [7, 11) is 0. The molecule has 2 aromatic carbocycles. The lowest BCUT2D eigenvalue weighted by atomic mass is 10.1. The van der Waals surface area contributed by atoms with E-state index in [1.165, 1.54) is 5.56 Å². The summed E-state index contributed by atoms with van der Waals surface area (Å²) in [5.74, 6) is 0. The van der Waals surface area contributed by atoms with E-state index in [0.717, 1.165) is 31.2 Å². The smallest absolute Gasteiger partial charge is 0.0746 e. The van der Waals surface area contributed by atoms with Crippen LogP contribution in [0.5, 0.6) is 0 Å². The molecule has 3 aromatic rings. The molecule has 3 nitrogen and oxygen atoms in total. The van der Waals surface area contributed by atoms with E-state index in [1.54, 1.807) is 6.20 Å². The fraction of sp³-hybridized carbons (Fsp3) is 0.0625. The molecule has 3 rings (SSSR count). The molecular weight excluding hydrogens is 394 g/mol. The van der Waals surface area contributed by atoms with Crippen LogP contribution in [0.3, 0.4) is 0 Å². The number of fused-ring (bicyclic) bond motifs is 1. The molecule has 0 saturated heterocycles. The number of aromatic nitrogens is 1. The zero-order valence-corrected chi connectivity index (χ0v) is 14.5. The molecule has 0 radical (unpaired) electrons. The molecule has 0 spiro atoms. The molecule has 0 aliphatic heterocycles. The highest BCUT2D eigenvalue weighted by Gasteiger charge is 2.09. The Labute approximate surface area is 139 Å². The lowest BCUT2D eigenvalue weighted by Gasteiger charge is -2.14. The van der Waals surface area contributed by atoms with Gasteiger partial charge in [0.25, 0.3) is 0 Å². The van der Waals surface area contributed by atoms with Crippen LogP contribution < -0.4 is 11.1 Å². The van der Waals surface area contributed by atoms with Crippen LogP contribution in [0.25, 0.3) is 10.9 Å². The van der Waals surface area contributed by atoms with Crippen LogP contribution in [0, 0.1) is 6.92 Å². The molecule has 0 amide bonds. The van der Waals surface area contributed by atoms with Crippen LogP contribution in [0.15, 0.2) is 51.5 Å². The Balaban J connectivity index is 2.15. The number of nitrogen functional groups attached to an aromatic ring is 1. The zero-order chi connectivity index (χ0) is 15.0. The second-order valence-corrected chi connectivity index (χ2v) is 6.63. The van der Waals surface area contributed by atoms with Crippen molar-refractivity contribution in [2.75, 3.05) is 11.1 Å². The van der Waals surface area contributed by atoms with Crippen molar-refractivity contribution in [3.63, 3.8) is 0 Å². The van der Waals surface area contributed by atoms with E-state index >= 15 is 0 Å². The molecule has 5 heteroatoms. The number of pyridine rings is 1. The molecule has 0 aliphatic rings. The van der Waals surface area contributed by atoms with E-state index in [4.69, 9.17) is 5.73 Å². The van der Waals surface area contributed by atoms with Crippen molar-refractivity contribution < 1.29 is 0 Å². The van der Waals surface area contributed by atoms with Crippen LogP contribution in [0.2, 0.25) is 0 Å². The first kappa shape index (κ1) is 14.4. The van der Waals surface area contributed by atoms with E-state index in [9.17, 15) is 0 Å². The number of halogens is 2. The van der Waals surface area contributed by atoms with Gasteiger partial charge in [0.1, 0.15) is 0 Å². The molecule has 106 valence electrons. The van der Waals surface area contributed by atoms with Gasteiger partial charge in [-0.1, -0.05) is 22.0 Å². The summed E-state index contributed by atoms with van der Waals surface area (Å²) in [4.78, 5) is 4.36. The van der Waals surface area contributed by atoms with E-state index in [1.807, 2.05) is 24.3 Å². The van der Waals surface area contributed by atoms with Crippen molar-refractivity contribution >= 4 is 59.8 Å². The van der Waals surface area contributed by atoms with Gasteiger partial charge in [0, 0.05) is 14.3 Å². The second kappa shape index (κ2) is 5.66. The van der Waals surface area contributed by atoms with E-state index in [-0.39, 0.29) is 0 Å². The Kier molecular flexibility index (Phi) is 3.87. The summed E-state index contributed by atoms with van der Waals surface area (Å²) in [6.45, 7) is 2.06. The molecule has 1 heterocycles. The van der Waals surface area contributed by atoms with Gasteiger partial charge in [-0.2, -0.15) is 0 Å². The van der Waals surface area contributed by atoms with Crippen molar-refractivity contribution in [2.45, 2.75) is 6.92 Å².